The number of carbonyl (C=O) groups is 2. The Morgan fingerprint density at radius 3 is 2.88 bits per heavy atom. The highest BCUT2D eigenvalue weighted by atomic mass is 32.1. The Labute approximate surface area is 154 Å². The number of nitrogens with two attached hydrogens (primary N) is 1. The van der Waals surface area contributed by atoms with Crippen molar-refractivity contribution in [3.8, 4) is 17.0 Å². The summed E-state index contributed by atoms with van der Waals surface area (Å²) in [5.41, 5.74) is 9.01. The van der Waals surface area contributed by atoms with Crippen LogP contribution in [0.3, 0.4) is 0 Å². The number of hydrogen-bond acceptors (Lipinski definition) is 5. The zero-order valence-corrected chi connectivity index (χ0v) is 15.1. The van der Waals surface area contributed by atoms with Gasteiger partial charge in [0, 0.05) is 17.1 Å². The molecule has 134 valence electrons. The molecule has 0 aliphatic heterocycles. The summed E-state index contributed by atoms with van der Waals surface area (Å²) >= 11 is 1.29. The maximum atomic E-state index is 12.1. The predicted octanol–water partition coefficient (Wildman–Crippen LogP) is 2.87. The van der Waals surface area contributed by atoms with Crippen LogP contribution in [0.15, 0.2) is 35.8 Å². The fourth-order valence-corrected chi connectivity index (χ4v) is 3.06. The smallest absolute Gasteiger partial charge is 0.265 e. The largest absolute Gasteiger partial charge is 0.483 e. The molecule has 0 saturated carbocycles. The second-order valence-corrected chi connectivity index (χ2v) is 6.60. The van der Waals surface area contributed by atoms with E-state index in [0.29, 0.717) is 22.3 Å². The standard InChI is InChI=1S/C18H18N4O3S/c1-10-4-3-5-15(11(10)2)25-8-16(23)22-18-21-14(9-26-18)12-6-13(17(19)24)20-7-12/h3-7,9,20H,8H2,1-2H3,(H2,19,24)(H,21,22,23). The van der Waals surface area contributed by atoms with E-state index in [4.69, 9.17) is 10.5 Å². The number of amides is 2. The maximum absolute atomic E-state index is 12.1. The number of anilines is 1. The molecule has 0 radical (unpaired) electrons. The monoisotopic (exact) mass is 370 g/mol. The molecular weight excluding hydrogens is 352 g/mol. The van der Waals surface area contributed by atoms with Gasteiger partial charge in [0.2, 0.25) is 0 Å². The number of thiazole rings is 1. The lowest BCUT2D eigenvalue weighted by atomic mass is 10.1. The van der Waals surface area contributed by atoms with Gasteiger partial charge in [-0.2, -0.15) is 0 Å². The molecule has 0 saturated heterocycles. The maximum Gasteiger partial charge on any atom is 0.265 e. The summed E-state index contributed by atoms with van der Waals surface area (Å²) < 4.78 is 5.58. The van der Waals surface area contributed by atoms with E-state index >= 15 is 0 Å². The first kappa shape index (κ1) is 17.7. The van der Waals surface area contributed by atoms with Crippen LogP contribution in [-0.4, -0.2) is 28.4 Å². The van der Waals surface area contributed by atoms with Crippen molar-refractivity contribution in [1.82, 2.24) is 9.97 Å². The van der Waals surface area contributed by atoms with E-state index in [1.807, 2.05) is 32.0 Å². The van der Waals surface area contributed by atoms with Crippen molar-refractivity contribution in [3.05, 3.63) is 52.7 Å². The lowest BCUT2D eigenvalue weighted by Crippen LogP contribution is -2.20. The number of carbonyl (C=O) groups excluding carboxylic acids is 2. The molecule has 8 heteroatoms. The summed E-state index contributed by atoms with van der Waals surface area (Å²) in [5, 5.41) is 4.95. The van der Waals surface area contributed by atoms with E-state index in [9.17, 15) is 9.59 Å². The third-order valence-corrected chi connectivity index (χ3v) is 4.67. The van der Waals surface area contributed by atoms with Gasteiger partial charge in [-0.05, 0) is 37.1 Å². The molecule has 0 bridgehead atoms. The Bertz CT molecular complexity index is 961. The number of hydrogen-bond donors (Lipinski definition) is 3. The Kier molecular flexibility index (Phi) is 5.04. The third kappa shape index (κ3) is 3.92. The van der Waals surface area contributed by atoms with Gasteiger partial charge in [-0.15, -0.1) is 11.3 Å². The Morgan fingerprint density at radius 1 is 1.35 bits per heavy atom. The SMILES string of the molecule is Cc1cccc(OCC(=O)Nc2nc(-c3c[nH]c(C(N)=O)c3)cs2)c1C. The van der Waals surface area contributed by atoms with Crippen molar-refractivity contribution in [2.24, 2.45) is 5.73 Å². The number of primary amides is 1. The summed E-state index contributed by atoms with van der Waals surface area (Å²) in [5.74, 6) is -0.145. The van der Waals surface area contributed by atoms with Gasteiger partial charge in [0.25, 0.3) is 11.8 Å². The second-order valence-electron chi connectivity index (χ2n) is 5.74. The zero-order valence-electron chi connectivity index (χ0n) is 14.3. The summed E-state index contributed by atoms with van der Waals surface area (Å²) in [4.78, 5) is 30.3. The van der Waals surface area contributed by atoms with Crippen LogP contribution in [0.2, 0.25) is 0 Å². The van der Waals surface area contributed by atoms with Gasteiger partial charge in [-0.25, -0.2) is 4.98 Å². The first-order valence-electron chi connectivity index (χ1n) is 7.87. The van der Waals surface area contributed by atoms with Crippen LogP contribution in [0.1, 0.15) is 21.6 Å². The molecule has 3 aromatic rings. The molecule has 0 aliphatic rings. The zero-order chi connectivity index (χ0) is 18.7. The van der Waals surface area contributed by atoms with Crippen LogP contribution in [0.4, 0.5) is 5.13 Å². The highest BCUT2D eigenvalue weighted by Crippen LogP contribution is 2.25. The number of ether oxygens (including phenoxy) is 1. The van der Waals surface area contributed by atoms with Crippen LogP contribution >= 0.6 is 11.3 Å². The summed E-state index contributed by atoms with van der Waals surface area (Å²) in [6.45, 7) is 3.84. The third-order valence-electron chi connectivity index (χ3n) is 3.91. The minimum atomic E-state index is -0.538. The molecule has 2 amide bonds. The van der Waals surface area contributed by atoms with Gasteiger partial charge in [0.15, 0.2) is 11.7 Å². The second kappa shape index (κ2) is 7.40. The van der Waals surface area contributed by atoms with E-state index in [2.05, 4.69) is 15.3 Å². The lowest BCUT2D eigenvalue weighted by Gasteiger charge is -2.10. The molecule has 0 aliphatic carbocycles. The number of aromatic nitrogens is 2. The van der Waals surface area contributed by atoms with Crippen molar-refractivity contribution in [2.75, 3.05) is 11.9 Å². The molecule has 2 aromatic heterocycles. The molecule has 4 N–H and O–H groups in total. The van der Waals surface area contributed by atoms with E-state index < -0.39 is 5.91 Å². The minimum absolute atomic E-state index is 0.102. The molecular formula is C18H18N4O3S. The number of aryl methyl sites for hydroxylation is 1. The lowest BCUT2D eigenvalue weighted by molar-refractivity contribution is -0.118. The van der Waals surface area contributed by atoms with E-state index in [1.165, 1.54) is 11.3 Å². The predicted molar refractivity (Wildman–Crippen MR) is 100 cm³/mol. The molecule has 1 aromatic carbocycles. The normalized spacial score (nSPS) is 10.5. The highest BCUT2D eigenvalue weighted by molar-refractivity contribution is 7.14. The van der Waals surface area contributed by atoms with Gasteiger partial charge < -0.3 is 15.5 Å². The summed E-state index contributed by atoms with van der Waals surface area (Å²) in [6, 6.07) is 7.33. The van der Waals surface area contributed by atoms with Crippen molar-refractivity contribution in [1.29, 1.82) is 0 Å². The van der Waals surface area contributed by atoms with Gasteiger partial charge in [0.05, 0.1) is 5.69 Å². The number of aromatic amines is 1. The molecule has 26 heavy (non-hydrogen) atoms. The van der Waals surface area contributed by atoms with Crippen LogP contribution < -0.4 is 15.8 Å². The molecule has 0 unspecified atom stereocenters. The van der Waals surface area contributed by atoms with Crippen LogP contribution in [0, 0.1) is 13.8 Å². The fourth-order valence-electron chi connectivity index (χ4n) is 2.33. The van der Waals surface area contributed by atoms with Gasteiger partial charge in [0.1, 0.15) is 11.4 Å². The first-order chi connectivity index (χ1) is 12.4. The number of nitrogens with zero attached hydrogens (tertiary/aromatic N) is 1. The molecule has 0 spiro atoms. The fraction of sp³-hybridized carbons (Fsp3) is 0.167. The van der Waals surface area contributed by atoms with Crippen molar-refractivity contribution in [3.63, 3.8) is 0 Å². The van der Waals surface area contributed by atoms with Crippen molar-refractivity contribution < 1.29 is 14.3 Å². The Morgan fingerprint density at radius 2 is 2.15 bits per heavy atom. The quantitative estimate of drug-likeness (QED) is 0.619. The molecule has 3 rings (SSSR count). The number of benzene rings is 1. The van der Waals surface area contributed by atoms with Crippen molar-refractivity contribution >= 4 is 28.3 Å². The van der Waals surface area contributed by atoms with Crippen molar-refractivity contribution in [2.45, 2.75) is 13.8 Å². The molecule has 0 fully saturated rings. The van der Waals surface area contributed by atoms with Crippen LogP contribution in [0.5, 0.6) is 5.75 Å². The average Bonchev–Trinajstić information content (AvgIpc) is 3.25. The van der Waals surface area contributed by atoms with E-state index in [0.717, 1.165) is 16.7 Å². The minimum Gasteiger partial charge on any atom is -0.483 e. The van der Waals surface area contributed by atoms with Gasteiger partial charge in [-0.3, -0.25) is 14.9 Å². The molecule has 7 nitrogen and oxygen atoms in total. The topological polar surface area (TPSA) is 110 Å². The number of rotatable bonds is 6. The van der Waals surface area contributed by atoms with Crippen LogP contribution in [-0.2, 0) is 4.79 Å². The van der Waals surface area contributed by atoms with Gasteiger partial charge in [-0.1, -0.05) is 12.1 Å². The highest BCUT2D eigenvalue weighted by Gasteiger charge is 2.12. The Balaban J connectivity index is 1.60. The Hall–Kier alpha value is -3.13. The van der Waals surface area contributed by atoms with E-state index in [1.54, 1.807) is 17.6 Å². The number of H-pyrrole nitrogens is 1. The molecule has 0 atom stereocenters. The first-order valence-corrected chi connectivity index (χ1v) is 8.75. The summed E-state index contributed by atoms with van der Waals surface area (Å²) in [7, 11) is 0. The van der Waals surface area contributed by atoms with E-state index in [-0.39, 0.29) is 12.5 Å². The van der Waals surface area contributed by atoms with Crippen LogP contribution in [0.25, 0.3) is 11.3 Å². The van der Waals surface area contributed by atoms with Gasteiger partial charge >= 0.3 is 0 Å². The summed E-state index contributed by atoms with van der Waals surface area (Å²) in [6.07, 6.45) is 1.64. The molecule has 2 heterocycles. The number of nitrogens with one attached hydrogen (secondary N) is 2. The average molecular weight is 370 g/mol.